The Hall–Kier alpha value is -2.93. The van der Waals surface area contributed by atoms with Crippen molar-refractivity contribution in [1.82, 2.24) is 4.98 Å². The van der Waals surface area contributed by atoms with Crippen LogP contribution in [-0.4, -0.2) is 11.3 Å². The average Bonchev–Trinajstić information content (AvgIpc) is 2.94. The predicted molar refractivity (Wildman–Crippen MR) is 69.5 cm³/mol. The Morgan fingerprint density at radius 3 is 2.84 bits per heavy atom. The van der Waals surface area contributed by atoms with Gasteiger partial charge in [-0.1, -0.05) is 0 Å². The van der Waals surface area contributed by atoms with Crippen molar-refractivity contribution in [1.29, 1.82) is 5.26 Å². The van der Waals surface area contributed by atoms with Gasteiger partial charge in [0.2, 0.25) is 0 Å². The fourth-order valence-electron chi connectivity index (χ4n) is 2.04. The van der Waals surface area contributed by atoms with E-state index in [1.54, 1.807) is 30.5 Å². The quantitative estimate of drug-likeness (QED) is 0.653. The summed E-state index contributed by atoms with van der Waals surface area (Å²) in [4.78, 5) is 14.9. The summed E-state index contributed by atoms with van der Waals surface area (Å²) in [7, 11) is 0. The van der Waals surface area contributed by atoms with Crippen LogP contribution in [-0.2, 0) is 0 Å². The highest BCUT2D eigenvalue weighted by molar-refractivity contribution is 5.91. The van der Waals surface area contributed by atoms with Gasteiger partial charge < -0.3 is 4.42 Å². The molecule has 0 radical (unpaired) electrons. The number of rotatable bonds is 2. The van der Waals surface area contributed by atoms with E-state index in [4.69, 9.17) is 4.42 Å². The lowest BCUT2D eigenvalue weighted by Gasteiger charge is -2.04. The Kier molecular flexibility index (Phi) is 2.58. The number of benzene rings is 1. The summed E-state index contributed by atoms with van der Waals surface area (Å²) in [5.74, 6) is 0.745. The van der Waals surface area contributed by atoms with E-state index in [0.29, 0.717) is 23.2 Å². The molecular weight excluding hydrogens is 240 g/mol. The molecule has 4 nitrogen and oxygen atoms in total. The molecule has 0 unspecified atom stereocenters. The number of aldehydes is 1. The van der Waals surface area contributed by atoms with Gasteiger partial charge >= 0.3 is 0 Å². The molecule has 0 amide bonds. The third-order valence-electron chi connectivity index (χ3n) is 2.91. The second-order valence-electron chi connectivity index (χ2n) is 3.99. The first-order valence-electron chi connectivity index (χ1n) is 5.66. The Morgan fingerprint density at radius 1 is 1.21 bits per heavy atom. The third kappa shape index (κ3) is 1.78. The minimum Gasteiger partial charge on any atom is -0.453 e. The number of hydrogen-bond donors (Lipinski definition) is 0. The Bertz CT molecular complexity index is 812. The van der Waals surface area contributed by atoms with Gasteiger partial charge in [0, 0.05) is 17.1 Å². The third-order valence-corrected chi connectivity index (χ3v) is 2.91. The Labute approximate surface area is 108 Å². The Morgan fingerprint density at radius 2 is 2.11 bits per heavy atom. The standard InChI is InChI=1S/C15H8N2O2/c16-8-13-11-2-1-7-17-14(11)5-4-12(13)15-6-3-10(9-18)19-15/h1-7,9H. The zero-order valence-corrected chi connectivity index (χ0v) is 9.83. The molecule has 0 aliphatic carbocycles. The lowest BCUT2D eigenvalue weighted by Crippen LogP contribution is -1.87. The molecule has 90 valence electrons. The van der Waals surface area contributed by atoms with Crippen molar-refractivity contribution in [2.24, 2.45) is 0 Å². The monoisotopic (exact) mass is 248 g/mol. The molecule has 0 atom stereocenters. The molecule has 2 aromatic heterocycles. The highest BCUT2D eigenvalue weighted by atomic mass is 16.3. The fraction of sp³-hybridized carbons (Fsp3) is 0. The number of fused-ring (bicyclic) bond motifs is 1. The van der Waals surface area contributed by atoms with Crippen LogP contribution >= 0.6 is 0 Å². The summed E-state index contributed by atoms with van der Waals surface area (Å²) in [6.07, 6.45) is 2.32. The van der Waals surface area contributed by atoms with E-state index >= 15 is 0 Å². The van der Waals surface area contributed by atoms with Crippen molar-refractivity contribution in [3.05, 3.63) is 53.9 Å². The number of aromatic nitrogens is 1. The largest absolute Gasteiger partial charge is 0.453 e. The molecule has 0 saturated carbocycles. The van der Waals surface area contributed by atoms with Crippen molar-refractivity contribution in [3.8, 4) is 17.4 Å². The van der Waals surface area contributed by atoms with Gasteiger partial charge in [0.05, 0.1) is 11.1 Å². The molecule has 0 fully saturated rings. The molecule has 2 heterocycles. The first-order valence-corrected chi connectivity index (χ1v) is 5.66. The van der Waals surface area contributed by atoms with Gasteiger partial charge in [-0.2, -0.15) is 5.26 Å². The maximum absolute atomic E-state index is 10.6. The fourth-order valence-corrected chi connectivity index (χ4v) is 2.04. The van der Waals surface area contributed by atoms with E-state index in [0.717, 1.165) is 10.9 Å². The lowest BCUT2D eigenvalue weighted by atomic mass is 10.0. The topological polar surface area (TPSA) is 66.9 Å². The van der Waals surface area contributed by atoms with Gasteiger partial charge in [-0.15, -0.1) is 0 Å². The van der Waals surface area contributed by atoms with Crippen molar-refractivity contribution in [3.63, 3.8) is 0 Å². The lowest BCUT2D eigenvalue weighted by molar-refractivity contribution is 0.110. The van der Waals surface area contributed by atoms with Gasteiger partial charge in [0.1, 0.15) is 11.8 Å². The number of pyridine rings is 1. The molecule has 0 saturated heterocycles. The summed E-state index contributed by atoms with van der Waals surface area (Å²) >= 11 is 0. The van der Waals surface area contributed by atoms with Crippen LogP contribution in [0.3, 0.4) is 0 Å². The maximum atomic E-state index is 10.6. The number of nitriles is 1. The van der Waals surface area contributed by atoms with E-state index in [1.165, 1.54) is 0 Å². The molecule has 0 aliphatic heterocycles. The van der Waals surface area contributed by atoms with Crippen molar-refractivity contribution in [2.75, 3.05) is 0 Å². The first kappa shape index (κ1) is 11.2. The Balaban J connectivity index is 2.29. The van der Waals surface area contributed by atoms with E-state index in [2.05, 4.69) is 11.1 Å². The minimum atomic E-state index is 0.241. The van der Waals surface area contributed by atoms with Crippen LogP contribution in [0.25, 0.3) is 22.2 Å². The van der Waals surface area contributed by atoms with Crippen molar-refractivity contribution < 1.29 is 9.21 Å². The molecule has 19 heavy (non-hydrogen) atoms. The number of carbonyl (C=O) groups excluding carboxylic acids is 1. The number of carbonyl (C=O) groups is 1. The molecular formula is C15H8N2O2. The normalized spacial score (nSPS) is 10.3. The van der Waals surface area contributed by atoms with Crippen molar-refractivity contribution in [2.45, 2.75) is 0 Å². The zero-order chi connectivity index (χ0) is 13.2. The number of furan rings is 1. The second-order valence-corrected chi connectivity index (χ2v) is 3.99. The van der Waals surface area contributed by atoms with Crippen LogP contribution in [0.2, 0.25) is 0 Å². The van der Waals surface area contributed by atoms with E-state index in [9.17, 15) is 10.1 Å². The van der Waals surface area contributed by atoms with Gasteiger partial charge in [-0.3, -0.25) is 9.78 Å². The molecule has 0 N–H and O–H groups in total. The van der Waals surface area contributed by atoms with Gasteiger partial charge in [-0.05, 0) is 36.4 Å². The molecule has 0 bridgehead atoms. The zero-order valence-electron chi connectivity index (χ0n) is 9.83. The minimum absolute atomic E-state index is 0.241. The molecule has 0 spiro atoms. The number of hydrogen-bond acceptors (Lipinski definition) is 4. The highest BCUT2D eigenvalue weighted by Crippen LogP contribution is 2.29. The van der Waals surface area contributed by atoms with Gasteiger partial charge in [-0.25, -0.2) is 0 Å². The van der Waals surface area contributed by atoms with E-state index in [1.807, 2.05) is 12.1 Å². The van der Waals surface area contributed by atoms with Crippen molar-refractivity contribution >= 4 is 17.2 Å². The molecule has 3 rings (SSSR count). The summed E-state index contributed by atoms with van der Waals surface area (Å²) < 4.78 is 5.37. The molecule has 3 aromatic rings. The van der Waals surface area contributed by atoms with Crippen LogP contribution in [0.4, 0.5) is 0 Å². The predicted octanol–water partition coefficient (Wildman–Crippen LogP) is 3.18. The smallest absolute Gasteiger partial charge is 0.185 e. The maximum Gasteiger partial charge on any atom is 0.185 e. The summed E-state index contributed by atoms with van der Waals surface area (Å²) in [6.45, 7) is 0. The van der Waals surface area contributed by atoms with Crippen LogP contribution in [0.5, 0.6) is 0 Å². The SMILES string of the molecule is N#Cc1c(-c2ccc(C=O)o2)ccc2ncccc12. The number of nitrogens with zero attached hydrogens (tertiary/aromatic N) is 2. The average molecular weight is 248 g/mol. The van der Waals surface area contributed by atoms with Gasteiger partial charge in [0.25, 0.3) is 0 Å². The van der Waals surface area contributed by atoms with Gasteiger partial charge in [0.15, 0.2) is 12.0 Å². The first-order chi connectivity index (χ1) is 9.33. The summed E-state index contributed by atoms with van der Waals surface area (Å²) in [6, 6.07) is 12.7. The van der Waals surface area contributed by atoms with Crippen LogP contribution in [0.1, 0.15) is 16.1 Å². The summed E-state index contributed by atoms with van der Waals surface area (Å²) in [5, 5.41) is 10.1. The molecule has 1 aromatic carbocycles. The van der Waals surface area contributed by atoms with E-state index in [-0.39, 0.29) is 5.76 Å². The van der Waals surface area contributed by atoms with Crippen LogP contribution < -0.4 is 0 Å². The van der Waals surface area contributed by atoms with Crippen LogP contribution in [0, 0.1) is 11.3 Å². The highest BCUT2D eigenvalue weighted by Gasteiger charge is 2.12. The van der Waals surface area contributed by atoms with Crippen LogP contribution in [0.15, 0.2) is 47.0 Å². The molecule has 4 heteroatoms. The summed E-state index contributed by atoms with van der Waals surface area (Å²) in [5.41, 5.74) is 1.92. The second kappa shape index (κ2) is 4.39. The molecule has 0 aliphatic rings. The van der Waals surface area contributed by atoms with E-state index < -0.39 is 0 Å².